The number of aliphatic hydroxyl groups is 2. The molecule has 0 fully saturated rings. The molecule has 0 saturated carbocycles. The van der Waals surface area contributed by atoms with Crippen molar-refractivity contribution in [2.45, 2.75) is 6.04 Å². The van der Waals surface area contributed by atoms with E-state index in [2.05, 4.69) is 5.32 Å². The lowest BCUT2D eigenvalue weighted by Crippen LogP contribution is -2.28. The van der Waals surface area contributed by atoms with Gasteiger partial charge in [-0.3, -0.25) is 0 Å². The first-order valence-corrected chi connectivity index (χ1v) is 4.90. The van der Waals surface area contributed by atoms with E-state index in [1.54, 1.807) is 0 Å². The summed E-state index contributed by atoms with van der Waals surface area (Å²) in [5, 5.41) is 20.0. The molecule has 0 aliphatic carbocycles. The summed E-state index contributed by atoms with van der Waals surface area (Å²) >= 11 is 5.60. The highest BCUT2D eigenvalue weighted by Crippen LogP contribution is 2.33. The van der Waals surface area contributed by atoms with Crippen LogP contribution in [-0.4, -0.2) is 29.5 Å². The van der Waals surface area contributed by atoms with E-state index in [1.807, 2.05) is 0 Å². The molecule has 90 valence electrons. The fraction of sp³-hybridized carbons (Fsp3) is 0.333. The topological polar surface area (TPSA) is 105 Å². The predicted molar refractivity (Wildman–Crippen MR) is 61.8 cm³/mol. The summed E-state index contributed by atoms with van der Waals surface area (Å²) < 4.78 is 13.6. The van der Waals surface area contributed by atoms with E-state index >= 15 is 0 Å². The van der Waals surface area contributed by atoms with Crippen molar-refractivity contribution in [3.8, 4) is 0 Å². The van der Waals surface area contributed by atoms with Gasteiger partial charge in [0.2, 0.25) is 0 Å². The number of benzene rings is 1. The molecular weight excluding hydrogens is 237 g/mol. The summed E-state index contributed by atoms with van der Waals surface area (Å²) in [5.74, 6) is -0.800. The van der Waals surface area contributed by atoms with Crippen LogP contribution in [0.3, 0.4) is 0 Å². The molecule has 0 unspecified atom stereocenters. The van der Waals surface area contributed by atoms with Crippen molar-refractivity contribution in [1.82, 2.24) is 0 Å². The number of nitrogens with two attached hydrogens (primary N) is 2. The number of aliphatic hydroxyl groups excluding tert-OH is 2. The van der Waals surface area contributed by atoms with E-state index in [0.29, 0.717) is 0 Å². The molecule has 0 spiro atoms. The standard InChI is InChI=1S/C9H13ClFN3O2/c10-7-5(12)1-6(13)9(8(7)11)14-4(2-15)3-16/h1,4,14-16H,2-3,12-13H2. The molecule has 5 nitrogen and oxygen atoms in total. The van der Waals surface area contributed by atoms with Gasteiger partial charge in [0.25, 0.3) is 0 Å². The lowest BCUT2D eigenvalue weighted by molar-refractivity contribution is 0.203. The van der Waals surface area contributed by atoms with Crippen LogP contribution in [0, 0.1) is 5.82 Å². The molecule has 0 saturated heterocycles. The number of anilines is 3. The minimum absolute atomic E-state index is 0.0340. The molecule has 0 aromatic heterocycles. The van der Waals surface area contributed by atoms with Gasteiger partial charge in [-0.15, -0.1) is 0 Å². The Hall–Kier alpha value is -1.24. The quantitative estimate of drug-likeness (QED) is 0.497. The van der Waals surface area contributed by atoms with Crippen LogP contribution in [0.4, 0.5) is 21.5 Å². The van der Waals surface area contributed by atoms with Crippen molar-refractivity contribution in [1.29, 1.82) is 0 Å². The van der Waals surface area contributed by atoms with E-state index in [-0.39, 0.29) is 35.3 Å². The van der Waals surface area contributed by atoms with E-state index in [9.17, 15) is 4.39 Å². The Kier molecular flexibility index (Phi) is 4.17. The molecule has 1 aromatic rings. The highest BCUT2D eigenvalue weighted by atomic mass is 35.5. The summed E-state index contributed by atoms with van der Waals surface area (Å²) in [4.78, 5) is 0. The number of nitrogens with one attached hydrogen (secondary N) is 1. The normalized spacial score (nSPS) is 10.8. The molecule has 0 aliphatic rings. The average Bonchev–Trinajstić information content (AvgIpc) is 2.27. The zero-order valence-corrected chi connectivity index (χ0v) is 9.13. The predicted octanol–water partition coefficient (Wildman–Crippen LogP) is 0.409. The molecule has 7 N–H and O–H groups in total. The molecular formula is C9H13ClFN3O2. The maximum Gasteiger partial charge on any atom is 0.169 e. The third-order valence-electron chi connectivity index (χ3n) is 2.05. The number of hydrogen-bond donors (Lipinski definition) is 5. The first kappa shape index (κ1) is 12.8. The Bertz CT molecular complexity index is 386. The number of hydrogen-bond acceptors (Lipinski definition) is 5. The Balaban J connectivity index is 3.09. The van der Waals surface area contributed by atoms with Gasteiger partial charge in [-0.25, -0.2) is 4.39 Å². The Morgan fingerprint density at radius 1 is 1.31 bits per heavy atom. The second-order valence-electron chi connectivity index (χ2n) is 3.26. The Morgan fingerprint density at radius 3 is 2.38 bits per heavy atom. The van der Waals surface area contributed by atoms with Crippen LogP contribution in [-0.2, 0) is 0 Å². The van der Waals surface area contributed by atoms with Crippen LogP contribution in [0.5, 0.6) is 0 Å². The van der Waals surface area contributed by atoms with Crippen LogP contribution in [0.15, 0.2) is 6.07 Å². The highest BCUT2D eigenvalue weighted by Gasteiger charge is 2.16. The van der Waals surface area contributed by atoms with Crippen molar-refractivity contribution in [3.05, 3.63) is 16.9 Å². The Morgan fingerprint density at radius 2 is 1.88 bits per heavy atom. The molecule has 0 atom stereocenters. The summed E-state index contributed by atoms with van der Waals surface area (Å²) in [6.07, 6.45) is 0. The lowest BCUT2D eigenvalue weighted by atomic mass is 10.2. The van der Waals surface area contributed by atoms with Crippen molar-refractivity contribution >= 4 is 28.7 Å². The van der Waals surface area contributed by atoms with Gasteiger partial charge >= 0.3 is 0 Å². The lowest BCUT2D eigenvalue weighted by Gasteiger charge is -2.18. The van der Waals surface area contributed by atoms with Gasteiger partial charge in [0.1, 0.15) is 5.02 Å². The molecule has 0 bridgehead atoms. The summed E-state index contributed by atoms with van der Waals surface area (Å²) in [6, 6.07) is 0.594. The molecule has 7 heteroatoms. The van der Waals surface area contributed by atoms with E-state index in [1.165, 1.54) is 6.07 Å². The van der Waals surface area contributed by atoms with E-state index in [0.717, 1.165) is 0 Å². The zero-order chi connectivity index (χ0) is 12.3. The van der Waals surface area contributed by atoms with Gasteiger partial charge < -0.3 is 27.0 Å². The van der Waals surface area contributed by atoms with Crippen LogP contribution in [0.1, 0.15) is 0 Å². The first-order valence-electron chi connectivity index (χ1n) is 4.52. The van der Waals surface area contributed by atoms with Gasteiger partial charge in [0, 0.05) is 0 Å². The van der Waals surface area contributed by atoms with Gasteiger partial charge in [-0.2, -0.15) is 0 Å². The molecule has 16 heavy (non-hydrogen) atoms. The molecule has 0 aliphatic heterocycles. The highest BCUT2D eigenvalue weighted by molar-refractivity contribution is 6.33. The van der Waals surface area contributed by atoms with Crippen molar-refractivity contribution in [3.63, 3.8) is 0 Å². The number of rotatable bonds is 4. The minimum atomic E-state index is -0.800. The van der Waals surface area contributed by atoms with Crippen LogP contribution in [0.2, 0.25) is 5.02 Å². The van der Waals surface area contributed by atoms with Gasteiger partial charge in [-0.05, 0) is 6.07 Å². The fourth-order valence-electron chi connectivity index (χ4n) is 1.17. The Labute approximate surface area is 96.8 Å². The average molecular weight is 250 g/mol. The summed E-state index contributed by atoms with van der Waals surface area (Å²) in [5.41, 5.74) is 11.0. The second kappa shape index (κ2) is 5.20. The number of nitrogen functional groups attached to an aromatic ring is 2. The molecule has 1 aromatic carbocycles. The summed E-state index contributed by atoms with van der Waals surface area (Å²) in [6.45, 7) is -0.727. The van der Waals surface area contributed by atoms with Crippen LogP contribution >= 0.6 is 11.6 Å². The van der Waals surface area contributed by atoms with Gasteiger partial charge in [0.15, 0.2) is 5.82 Å². The number of halogens is 2. The van der Waals surface area contributed by atoms with Crippen LogP contribution in [0.25, 0.3) is 0 Å². The van der Waals surface area contributed by atoms with Crippen molar-refractivity contribution in [2.75, 3.05) is 30.0 Å². The minimum Gasteiger partial charge on any atom is -0.397 e. The molecule has 1 rings (SSSR count). The third kappa shape index (κ3) is 2.46. The smallest absolute Gasteiger partial charge is 0.169 e. The second-order valence-corrected chi connectivity index (χ2v) is 3.64. The molecule has 0 radical (unpaired) electrons. The zero-order valence-electron chi connectivity index (χ0n) is 8.37. The van der Waals surface area contributed by atoms with Crippen molar-refractivity contribution in [2.24, 2.45) is 0 Å². The third-order valence-corrected chi connectivity index (χ3v) is 2.44. The molecule has 0 amide bonds. The van der Waals surface area contributed by atoms with Crippen LogP contribution < -0.4 is 16.8 Å². The van der Waals surface area contributed by atoms with E-state index < -0.39 is 11.9 Å². The van der Waals surface area contributed by atoms with Gasteiger partial charge in [-0.1, -0.05) is 11.6 Å². The first-order chi connectivity index (χ1) is 7.51. The monoisotopic (exact) mass is 249 g/mol. The largest absolute Gasteiger partial charge is 0.397 e. The molecule has 0 heterocycles. The maximum atomic E-state index is 13.6. The van der Waals surface area contributed by atoms with Gasteiger partial charge in [0.05, 0.1) is 36.3 Å². The maximum absolute atomic E-state index is 13.6. The SMILES string of the molecule is Nc1cc(N)c(NC(CO)CO)c(F)c1Cl. The van der Waals surface area contributed by atoms with E-state index in [4.69, 9.17) is 33.3 Å². The van der Waals surface area contributed by atoms with Crippen molar-refractivity contribution < 1.29 is 14.6 Å². The fourth-order valence-corrected chi connectivity index (χ4v) is 1.32. The summed E-state index contributed by atoms with van der Waals surface area (Å²) in [7, 11) is 0.